The van der Waals surface area contributed by atoms with Crippen molar-refractivity contribution in [2.75, 3.05) is 6.61 Å². The van der Waals surface area contributed by atoms with E-state index in [1.54, 1.807) is 19.3 Å². The summed E-state index contributed by atoms with van der Waals surface area (Å²) in [5.41, 5.74) is 1.39. The van der Waals surface area contributed by atoms with Crippen molar-refractivity contribution >= 4 is 17.0 Å². The third kappa shape index (κ3) is 3.26. The predicted octanol–water partition coefficient (Wildman–Crippen LogP) is 2.51. The van der Waals surface area contributed by atoms with Crippen molar-refractivity contribution in [1.29, 1.82) is 0 Å². The summed E-state index contributed by atoms with van der Waals surface area (Å²) in [7, 11) is 0. The minimum absolute atomic E-state index is 0.0352. The number of rotatable bonds is 5. The van der Waals surface area contributed by atoms with Gasteiger partial charge in [-0.15, -0.1) is 0 Å². The first-order chi connectivity index (χ1) is 12.2. The van der Waals surface area contributed by atoms with Crippen LogP contribution < -0.4 is 5.43 Å². The largest absolute Gasteiger partial charge is 0.462 e. The molecule has 3 aromatic rings. The van der Waals surface area contributed by atoms with Crippen LogP contribution in [0.25, 0.3) is 22.4 Å². The van der Waals surface area contributed by atoms with Crippen LogP contribution in [0.1, 0.15) is 36.3 Å². The standard InChI is InChI=1S/C18H18N4O3/c1-3-5-13-14-15(23)12(18(24)25-4-2)10-20-17(14)22-16(21-13)11-6-8-19-9-7-11/h6-10H,3-5H2,1-2H3,(H,20,21,22,23). The normalized spacial score (nSPS) is 10.8. The fraction of sp³-hybridized carbons (Fsp3) is 0.278. The number of hydrogen-bond donors (Lipinski definition) is 1. The Morgan fingerprint density at radius 1 is 1.20 bits per heavy atom. The van der Waals surface area contributed by atoms with Gasteiger partial charge < -0.3 is 9.72 Å². The van der Waals surface area contributed by atoms with Crippen molar-refractivity contribution < 1.29 is 9.53 Å². The van der Waals surface area contributed by atoms with Gasteiger partial charge in [-0.25, -0.2) is 14.8 Å². The quantitative estimate of drug-likeness (QED) is 0.718. The van der Waals surface area contributed by atoms with Gasteiger partial charge in [0.1, 0.15) is 11.2 Å². The number of esters is 1. The number of ether oxygens (including phenoxy) is 1. The average Bonchev–Trinajstić information content (AvgIpc) is 2.63. The number of carbonyl (C=O) groups is 1. The Kier molecular flexibility index (Phi) is 4.83. The van der Waals surface area contributed by atoms with Gasteiger partial charge in [-0.05, 0) is 25.5 Å². The summed E-state index contributed by atoms with van der Waals surface area (Å²) >= 11 is 0. The molecule has 7 heteroatoms. The van der Waals surface area contributed by atoms with Crippen LogP contribution in [0.3, 0.4) is 0 Å². The fourth-order valence-electron chi connectivity index (χ4n) is 2.60. The topological polar surface area (TPSA) is 97.8 Å². The molecule has 0 unspecified atom stereocenters. The summed E-state index contributed by atoms with van der Waals surface area (Å²) in [6, 6.07) is 3.62. The van der Waals surface area contributed by atoms with Crippen molar-refractivity contribution in [3.05, 3.63) is 52.2 Å². The molecule has 0 aromatic carbocycles. The molecule has 0 bridgehead atoms. The molecule has 3 heterocycles. The molecule has 128 valence electrons. The number of aromatic amines is 1. The molecule has 7 nitrogen and oxygen atoms in total. The fourth-order valence-corrected chi connectivity index (χ4v) is 2.60. The van der Waals surface area contributed by atoms with E-state index in [1.165, 1.54) is 6.20 Å². The van der Waals surface area contributed by atoms with Crippen molar-refractivity contribution in [3.8, 4) is 11.4 Å². The molecule has 0 aliphatic carbocycles. The molecule has 0 atom stereocenters. The summed E-state index contributed by atoms with van der Waals surface area (Å²) in [6.07, 6.45) is 6.09. The van der Waals surface area contributed by atoms with Crippen LogP contribution in [0.4, 0.5) is 0 Å². The van der Waals surface area contributed by atoms with Gasteiger partial charge in [0.25, 0.3) is 0 Å². The first kappa shape index (κ1) is 16.8. The molecule has 0 fully saturated rings. The number of aromatic nitrogens is 4. The van der Waals surface area contributed by atoms with Gasteiger partial charge in [-0.2, -0.15) is 0 Å². The lowest BCUT2D eigenvalue weighted by atomic mass is 10.1. The highest BCUT2D eigenvalue weighted by molar-refractivity contribution is 5.93. The van der Waals surface area contributed by atoms with E-state index in [0.29, 0.717) is 29.0 Å². The smallest absolute Gasteiger partial charge is 0.343 e. The van der Waals surface area contributed by atoms with E-state index >= 15 is 0 Å². The van der Waals surface area contributed by atoms with Crippen LogP contribution in [0.5, 0.6) is 0 Å². The monoisotopic (exact) mass is 338 g/mol. The summed E-state index contributed by atoms with van der Waals surface area (Å²) in [5, 5.41) is 0.338. The number of hydrogen-bond acceptors (Lipinski definition) is 6. The number of aryl methyl sites for hydroxylation is 1. The molecule has 0 amide bonds. The van der Waals surface area contributed by atoms with Crippen LogP contribution in [0.2, 0.25) is 0 Å². The minimum atomic E-state index is -0.647. The highest BCUT2D eigenvalue weighted by atomic mass is 16.5. The van der Waals surface area contributed by atoms with E-state index < -0.39 is 11.4 Å². The maximum atomic E-state index is 12.8. The van der Waals surface area contributed by atoms with Gasteiger partial charge >= 0.3 is 5.97 Å². The van der Waals surface area contributed by atoms with E-state index in [9.17, 15) is 9.59 Å². The first-order valence-corrected chi connectivity index (χ1v) is 8.15. The lowest BCUT2D eigenvalue weighted by molar-refractivity contribution is 0.0524. The summed E-state index contributed by atoms with van der Waals surface area (Å²) in [4.78, 5) is 40.7. The van der Waals surface area contributed by atoms with Gasteiger partial charge in [-0.1, -0.05) is 13.3 Å². The third-order valence-corrected chi connectivity index (χ3v) is 3.73. The number of carbonyl (C=O) groups excluding carboxylic acids is 1. The van der Waals surface area contributed by atoms with Crippen LogP contribution in [-0.2, 0) is 11.2 Å². The van der Waals surface area contributed by atoms with E-state index in [-0.39, 0.29) is 12.2 Å². The highest BCUT2D eigenvalue weighted by Gasteiger charge is 2.18. The van der Waals surface area contributed by atoms with Gasteiger partial charge in [0.05, 0.1) is 17.7 Å². The molecular weight excluding hydrogens is 320 g/mol. The summed E-state index contributed by atoms with van der Waals surface area (Å²) in [5.74, 6) is -0.135. The zero-order valence-corrected chi connectivity index (χ0v) is 14.1. The molecule has 0 saturated carbocycles. The van der Waals surface area contributed by atoms with Crippen molar-refractivity contribution in [1.82, 2.24) is 19.9 Å². The molecule has 0 radical (unpaired) electrons. The lowest BCUT2D eigenvalue weighted by Crippen LogP contribution is -2.20. The number of H-pyrrole nitrogens is 1. The molecule has 0 saturated heterocycles. The third-order valence-electron chi connectivity index (χ3n) is 3.73. The van der Waals surface area contributed by atoms with Crippen molar-refractivity contribution in [3.63, 3.8) is 0 Å². The average molecular weight is 338 g/mol. The second-order valence-electron chi connectivity index (χ2n) is 5.46. The summed E-state index contributed by atoms with van der Waals surface area (Å²) in [6.45, 7) is 3.90. The summed E-state index contributed by atoms with van der Waals surface area (Å²) < 4.78 is 4.94. The number of fused-ring (bicyclic) bond motifs is 1. The number of pyridine rings is 2. The Morgan fingerprint density at radius 2 is 1.96 bits per heavy atom. The second kappa shape index (κ2) is 7.21. The molecule has 3 rings (SSSR count). The van der Waals surface area contributed by atoms with Crippen molar-refractivity contribution in [2.45, 2.75) is 26.7 Å². The van der Waals surface area contributed by atoms with Gasteiger partial charge in [0.15, 0.2) is 5.82 Å². The van der Waals surface area contributed by atoms with E-state index in [2.05, 4.69) is 19.9 Å². The van der Waals surface area contributed by atoms with Gasteiger partial charge in [0.2, 0.25) is 5.43 Å². The minimum Gasteiger partial charge on any atom is -0.462 e. The zero-order chi connectivity index (χ0) is 17.8. The van der Waals surface area contributed by atoms with Gasteiger partial charge in [-0.3, -0.25) is 9.78 Å². The molecule has 3 aromatic heterocycles. The van der Waals surface area contributed by atoms with Crippen LogP contribution >= 0.6 is 0 Å². The number of nitrogens with zero attached hydrogens (tertiary/aromatic N) is 3. The van der Waals surface area contributed by atoms with E-state index in [4.69, 9.17) is 4.74 Å². The predicted molar refractivity (Wildman–Crippen MR) is 93.3 cm³/mol. The Balaban J connectivity index is 2.23. The van der Waals surface area contributed by atoms with Crippen LogP contribution in [-0.4, -0.2) is 32.5 Å². The molecule has 0 spiro atoms. The maximum absolute atomic E-state index is 12.8. The molecular formula is C18H18N4O3. The van der Waals surface area contributed by atoms with E-state index in [1.807, 2.05) is 19.1 Å². The lowest BCUT2D eigenvalue weighted by Gasteiger charge is -2.09. The zero-order valence-electron chi connectivity index (χ0n) is 14.1. The molecule has 1 N–H and O–H groups in total. The molecule has 25 heavy (non-hydrogen) atoms. The van der Waals surface area contributed by atoms with Crippen LogP contribution in [0.15, 0.2) is 35.5 Å². The second-order valence-corrected chi connectivity index (χ2v) is 5.46. The first-order valence-electron chi connectivity index (χ1n) is 8.15. The Hall–Kier alpha value is -3.09. The molecule has 0 aliphatic rings. The highest BCUT2D eigenvalue weighted by Crippen LogP contribution is 2.19. The Labute approximate surface area is 144 Å². The molecule has 0 aliphatic heterocycles. The Bertz CT molecular complexity index is 967. The Morgan fingerprint density at radius 3 is 2.64 bits per heavy atom. The van der Waals surface area contributed by atoms with Crippen molar-refractivity contribution in [2.24, 2.45) is 0 Å². The van der Waals surface area contributed by atoms with E-state index in [0.717, 1.165) is 12.0 Å². The SMILES string of the molecule is CCCc1nc(-c2ccncc2)nc2[nH]cc(C(=O)OCC)c(=O)c12. The van der Waals surface area contributed by atoms with Crippen LogP contribution in [0, 0.1) is 0 Å². The van der Waals surface area contributed by atoms with Gasteiger partial charge in [0, 0.05) is 24.2 Å². The maximum Gasteiger partial charge on any atom is 0.343 e. The number of nitrogens with one attached hydrogen (secondary N) is 1.